The van der Waals surface area contributed by atoms with Crippen molar-refractivity contribution in [3.8, 4) is 0 Å². The van der Waals surface area contributed by atoms with E-state index in [1.807, 2.05) is 0 Å². The Kier molecular flexibility index (Phi) is 7.44. The fourth-order valence-electron chi connectivity index (χ4n) is 1.40. The summed E-state index contributed by atoms with van der Waals surface area (Å²) >= 11 is 0. The number of carboxylic acids is 2. The second kappa shape index (κ2) is 7.99. The summed E-state index contributed by atoms with van der Waals surface area (Å²) in [6.07, 6.45) is 2.13. The molecule has 0 aliphatic heterocycles. The number of aliphatic hydroxyl groups excluding tert-OH is 2. The highest BCUT2D eigenvalue weighted by molar-refractivity contribution is 5.83. The highest BCUT2D eigenvalue weighted by Gasteiger charge is 2.29. The van der Waals surface area contributed by atoms with Gasteiger partial charge in [0.1, 0.15) is 0 Å². The van der Waals surface area contributed by atoms with Gasteiger partial charge in [-0.05, 0) is 12.8 Å². The van der Waals surface area contributed by atoms with Crippen LogP contribution in [0.4, 0.5) is 0 Å². The molecule has 7 nitrogen and oxygen atoms in total. The molecule has 0 aromatic heterocycles. The second-order valence-electron chi connectivity index (χ2n) is 3.96. The van der Waals surface area contributed by atoms with Gasteiger partial charge in [-0.2, -0.15) is 0 Å². The van der Waals surface area contributed by atoms with E-state index in [0.29, 0.717) is 6.04 Å². The van der Waals surface area contributed by atoms with Crippen molar-refractivity contribution >= 4 is 11.9 Å². The molecule has 0 aromatic rings. The molecule has 0 amide bonds. The first-order valence-electron chi connectivity index (χ1n) is 5.43. The molecule has 0 aromatic carbocycles. The Hall–Kier alpha value is -1.18. The van der Waals surface area contributed by atoms with E-state index in [1.54, 1.807) is 0 Å². The van der Waals surface area contributed by atoms with Crippen LogP contribution in [0.15, 0.2) is 0 Å². The molecule has 100 valence electrons. The summed E-state index contributed by atoms with van der Waals surface area (Å²) < 4.78 is 0. The summed E-state index contributed by atoms with van der Waals surface area (Å²) in [5.74, 6) is -3.54. The van der Waals surface area contributed by atoms with Crippen LogP contribution in [0, 0.1) is 0 Å². The summed E-state index contributed by atoms with van der Waals surface area (Å²) in [5.41, 5.74) is 5.63. The van der Waals surface area contributed by atoms with E-state index in [2.05, 4.69) is 0 Å². The Bertz CT molecular complexity index is 233. The molecule has 1 saturated carbocycles. The summed E-state index contributed by atoms with van der Waals surface area (Å²) in [4.78, 5) is 19.5. The lowest BCUT2D eigenvalue weighted by atomic mass is 9.97. The summed E-state index contributed by atoms with van der Waals surface area (Å²) in [6.45, 7) is 0. The van der Waals surface area contributed by atoms with Gasteiger partial charge in [0.15, 0.2) is 12.2 Å². The Morgan fingerprint density at radius 2 is 1.29 bits per heavy atom. The minimum atomic E-state index is -2.27. The van der Waals surface area contributed by atoms with Gasteiger partial charge in [-0.1, -0.05) is 19.3 Å². The van der Waals surface area contributed by atoms with Crippen molar-refractivity contribution in [1.29, 1.82) is 0 Å². The van der Waals surface area contributed by atoms with Crippen molar-refractivity contribution in [2.75, 3.05) is 0 Å². The van der Waals surface area contributed by atoms with Crippen molar-refractivity contribution in [2.24, 2.45) is 5.73 Å². The van der Waals surface area contributed by atoms with Gasteiger partial charge in [0.2, 0.25) is 0 Å². The van der Waals surface area contributed by atoms with Crippen LogP contribution in [0.5, 0.6) is 0 Å². The van der Waals surface area contributed by atoms with Gasteiger partial charge < -0.3 is 26.2 Å². The topological polar surface area (TPSA) is 141 Å². The molecular weight excluding hydrogens is 230 g/mol. The SMILES string of the molecule is NC1CCCCC1.O=C(O)C(O)C(O)C(=O)O. The highest BCUT2D eigenvalue weighted by atomic mass is 16.4. The Morgan fingerprint density at radius 3 is 1.47 bits per heavy atom. The van der Waals surface area contributed by atoms with E-state index < -0.39 is 24.1 Å². The lowest BCUT2D eigenvalue weighted by Gasteiger charge is -2.15. The molecule has 0 heterocycles. The van der Waals surface area contributed by atoms with Gasteiger partial charge >= 0.3 is 11.9 Å². The summed E-state index contributed by atoms with van der Waals surface area (Å²) in [6, 6.07) is 0.536. The summed E-state index contributed by atoms with van der Waals surface area (Å²) in [5, 5.41) is 32.5. The van der Waals surface area contributed by atoms with Crippen LogP contribution in [0.1, 0.15) is 32.1 Å². The zero-order valence-corrected chi connectivity index (χ0v) is 9.45. The molecule has 1 fully saturated rings. The molecule has 2 atom stereocenters. The lowest BCUT2D eigenvalue weighted by Crippen LogP contribution is -2.39. The van der Waals surface area contributed by atoms with Crippen LogP contribution in [0.25, 0.3) is 0 Å². The minimum absolute atomic E-state index is 0.536. The van der Waals surface area contributed by atoms with E-state index in [9.17, 15) is 9.59 Å². The van der Waals surface area contributed by atoms with Gasteiger partial charge in [0, 0.05) is 6.04 Å². The van der Waals surface area contributed by atoms with E-state index >= 15 is 0 Å². The number of hydrogen-bond acceptors (Lipinski definition) is 5. The Morgan fingerprint density at radius 1 is 0.941 bits per heavy atom. The van der Waals surface area contributed by atoms with Gasteiger partial charge in [-0.25, -0.2) is 9.59 Å². The first-order chi connectivity index (χ1) is 7.86. The fraction of sp³-hybridized carbons (Fsp3) is 0.800. The Balaban J connectivity index is 0.000000318. The maximum absolute atomic E-state index is 9.77. The van der Waals surface area contributed by atoms with Crippen molar-refractivity contribution in [3.05, 3.63) is 0 Å². The molecule has 1 rings (SSSR count). The van der Waals surface area contributed by atoms with Crippen LogP contribution in [0.3, 0.4) is 0 Å². The van der Waals surface area contributed by atoms with Crippen molar-refractivity contribution in [2.45, 2.75) is 50.4 Å². The first-order valence-corrected chi connectivity index (χ1v) is 5.43. The van der Waals surface area contributed by atoms with E-state index in [4.69, 9.17) is 26.2 Å². The molecule has 0 bridgehead atoms. The van der Waals surface area contributed by atoms with Crippen molar-refractivity contribution in [1.82, 2.24) is 0 Å². The van der Waals surface area contributed by atoms with Crippen molar-refractivity contribution in [3.63, 3.8) is 0 Å². The average Bonchev–Trinajstić information content (AvgIpc) is 2.28. The van der Waals surface area contributed by atoms with Crippen LogP contribution in [0.2, 0.25) is 0 Å². The average molecular weight is 249 g/mol. The molecular formula is C10H19NO6. The first kappa shape index (κ1) is 15.8. The van der Waals surface area contributed by atoms with Crippen molar-refractivity contribution < 1.29 is 30.0 Å². The Labute approximate surface area is 98.9 Å². The standard InChI is InChI=1S/C6H13N.C4H6O6/c7-6-4-2-1-3-5-6;5-1(3(7)8)2(6)4(9)10/h6H,1-5,7H2;1-2,5-6H,(H,7,8)(H,9,10). The molecule has 0 spiro atoms. The predicted molar refractivity (Wildman–Crippen MR) is 58.3 cm³/mol. The van der Waals surface area contributed by atoms with Gasteiger partial charge in [-0.15, -0.1) is 0 Å². The third kappa shape index (κ3) is 6.88. The number of aliphatic carboxylic acids is 2. The van der Waals surface area contributed by atoms with E-state index in [-0.39, 0.29) is 0 Å². The predicted octanol–water partition coefficient (Wildman–Crippen LogP) is -0.845. The normalized spacial score (nSPS) is 19.7. The second-order valence-corrected chi connectivity index (χ2v) is 3.96. The number of aliphatic hydroxyl groups is 2. The van der Waals surface area contributed by atoms with E-state index in [0.717, 1.165) is 0 Å². The van der Waals surface area contributed by atoms with Crippen LogP contribution in [-0.4, -0.2) is 50.6 Å². The largest absolute Gasteiger partial charge is 0.479 e. The van der Waals surface area contributed by atoms with Crippen LogP contribution in [-0.2, 0) is 9.59 Å². The molecule has 1 aliphatic carbocycles. The maximum atomic E-state index is 9.77. The smallest absolute Gasteiger partial charge is 0.335 e. The number of carboxylic acid groups (broad SMARTS) is 2. The highest BCUT2D eigenvalue weighted by Crippen LogP contribution is 2.14. The van der Waals surface area contributed by atoms with Gasteiger partial charge in [-0.3, -0.25) is 0 Å². The number of nitrogens with two attached hydrogens (primary N) is 1. The molecule has 1 aliphatic rings. The molecule has 6 N–H and O–H groups in total. The monoisotopic (exact) mass is 249 g/mol. The molecule has 0 radical (unpaired) electrons. The van der Waals surface area contributed by atoms with Gasteiger partial charge in [0.05, 0.1) is 0 Å². The zero-order valence-electron chi connectivity index (χ0n) is 9.45. The number of carbonyl (C=O) groups is 2. The van der Waals surface area contributed by atoms with E-state index in [1.165, 1.54) is 32.1 Å². The lowest BCUT2D eigenvalue weighted by molar-refractivity contribution is -0.165. The fourth-order valence-corrected chi connectivity index (χ4v) is 1.40. The third-order valence-corrected chi connectivity index (χ3v) is 2.45. The quantitative estimate of drug-likeness (QED) is 0.439. The number of rotatable bonds is 3. The number of hydrogen-bond donors (Lipinski definition) is 5. The maximum Gasteiger partial charge on any atom is 0.335 e. The summed E-state index contributed by atoms with van der Waals surface area (Å²) in [7, 11) is 0. The van der Waals surface area contributed by atoms with Crippen LogP contribution < -0.4 is 5.73 Å². The van der Waals surface area contributed by atoms with Crippen LogP contribution >= 0.6 is 0 Å². The minimum Gasteiger partial charge on any atom is -0.479 e. The molecule has 2 unspecified atom stereocenters. The van der Waals surface area contributed by atoms with Gasteiger partial charge in [0.25, 0.3) is 0 Å². The molecule has 0 saturated heterocycles. The third-order valence-electron chi connectivity index (χ3n) is 2.45. The zero-order chi connectivity index (χ0) is 13.4. The molecule has 7 heteroatoms. The molecule has 17 heavy (non-hydrogen) atoms.